The number of nitrogens with zero attached hydrogens (tertiary/aromatic N) is 2. The summed E-state index contributed by atoms with van der Waals surface area (Å²) in [6, 6.07) is 5.21. The molecule has 0 aliphatic heterocycles. The van der Waals surface area contributed by atoms with Gasteiger partial charge in [-0.2, -0.15) is 0 Å². The Labute approximate surface area is 120 Å². The zero-order valence-electron chi connectivity index (χ0n) is 10.8. The Morgan fingerprint density at radius 3 is 2.60 bits per heavy atom. The molecular weight excluding hydrogens is 284 g/mol. The van der Waals surface area contributed by atoms with E-state index in [9.17, 15) is 4.79 Å². The van der Waals surface area contributed by atoms with Crippen LogP contribution in [0.3, 0.4) is 0 Å². The van der Waals surface area contributed by atoms with Crippen LogP contribution < -0.4 is 9.47 Å². The quantitative estimate of drug-likeness (QED) is 0.873. The molecule has 2 aromatic rings. The maximum atomic E-state index is 10.9. The van der Waals surface area contributed by atoms with Crippen LogP contribution in [-0.2, 0) is 0 Å². The van der Waals surface area contributed by atoms with E-state index in [-0.39, 0.29) is 16.5 Å². The van der Waals surface area contributed by atoms with Crippen LogP contribution in [0.25, 0.3) is 11.4 Å². The standard InChI is InChI=1S/C13H11ClN2O4/c1-19-9-5-3-4-7(10(9)20-2)12-15-6-8(13(17)18)11(14)16-12/h3-6H,1-2H3,(H,17,18). The molecule has 0 amide bonds. The Morgan fingerprint density at radius 2 is 2.05 bits per heavy atom. The summed E-state index contributed by atoms with van der Waals surface area (Å²) in [7, 11) is 3.01. The Morgan fingerprint density at radius 1 is 1.30 bits per heavy atom. The monoisotopic (exact) mass is 294 g/mol. The molecule has 0 aliphatic rings. The number of carboxylic acid groups (broad SMARTS) is 1. The minimum atomic E-state index is -1.18. The first-order valence-electron chi connectivity index (χ1n) is 5.55. The SMILES string of the molecule is COc1cccc(-c2ncc(C(=O)O)c(Cl)n2)c1OC. The molecule has 0 radical (unpaired) electrons. The smallest absolute Gasteiger partial charge is 0.340 e. The molecule has 1 aromatic heterocycles. The van der Waals surface area contributed by atoms with Crippen molar-refractivity contribution in [3.8, 4) is 22.9 Å². The van der Waals surface area contributed by atoms with Crippen molar-refractivity contribution in [2.24, 2.45) is 0 Å². The topological polar surface area (TPSA) is 81.5 Å². The van der Waals surface area contributed by atoms with Gasteiger partial charge in [-0.3, -0.25) is 0 Å². The van der Waals surface area contributed by atoms with Gasteiger partial charge in [-0.05, 0) is 12.1 Å². The number of ether oxygens (including phenoxy) is 2. The fourth-order valence-electron chi connectivity index (χ4n) is 1.70. The van der Waals surface area contributed by atoms with Gasteiger partial charge in [0.05, 0.1) is 19.8 Å². The Balaban J connectivity index is 2.57. The van der Waals surface area contributed by atoms with Crippen molar-refractivity contribution in [2.45, 2.75) is 0 Å². The van der Waals surface area contributed by atoms with E-state index in [1.54, 1.807) is 18.2 Å². The first kappa shape index (κ1) is 14.1. The van der Waals surface area contributed by atoms with Crippen LogP contribution in [0, 0.1) is 0 Å². The van der Waals surface area contributed by atoms with Crippen molar-refractivity contribution >= 4 is 17.6 Å². The number of benzene rings is 1. The predicted molar refractivity (Wildman–Crippen MR) is 72.5 cm³/mol. The molecule has 0 bridgehead atoms. The molecule has 2 rings (SSSR count). The number of carboxylic acids is 1. The van der Waals surface area contributed by atoms with Crippen molar-refractivity contribution in [2.75, 3.05) is 14.2 Å². The highest BCUT2D eigenvalue weighted by Crippen LogP contribution is 2.36. The molecule has 104 valence electrons. The lowest BCUT2D eigenvalue weighted by Crippen LogP contribution is -2.02. The number of methoxy groups -OCH3 is 2. The molecule has 0 unspecified atom stereocenters. The first-order chi connectivity index (χ1) is 9.58. The average Bonchev–Trinajstić information content (AvgIpc) is 2.45. The molecule has 0 saturated heterocycles. The van der Waals surface area contributed by atoms with E-state index in [2.05, 4.69) is 9.97 Å². The van der Waals surface area contributed by atoms with E-state index in [1.165, 1.54) is 14.2 Å². The summed E-state index contributed by atoms with van der Waals surface area (Å²) in [4.78, 5) is 18.9. The third-order valence-electron chi connectivity index (χ3n) is 2.62. The third-order valence-corrected chi connectivity index (χ3v) is 2.90. The average molecular weight is 295 g/mol. The van der Waals surface area contributed by atoms with Crippen molar-refractivity contribution < 1.29 is 19.4 Å². The third kappa shape index (κ3) is 2.50. The minimum Gasteiger partial charge on any atom is -0.493 e. The number of hydrogen-bond donors (Lipinski definition) is 1. The largest absolute Gasteiger partial charge is 0.493 e. The zero-order chi connectivity index (χ0) is 14.7. The van der Waals surface area contributed by atoms with Gasteiger partial charge in [-0.1, -0.05) is 17.7 Å². The van der Waals surface area contributed by atoms with Gasteiger partial charge in [0.25, 0.3) is 0 Å². The van der Waals surface area contributed by atoms with Gasteiger partial charge in [0.15, 0.2) is 17.3 Å². The summed E-state index contributed by atoms with van der Waals surface area (Å²) in [5, 5.41) is 8.77. The molecule has 7 heteroatoms. The Hall–Kier alpha value is -2.34. The molecule has 0 saturated carbocycles. The molecule has 1 aromatic carbocycles. The van der Waals surface area contributed by atoms with Gasteiger partial charge >= 0.3 is 5.97 Å². The summed E-state index contributed by atoms with van der Waals surface area (Å²) in [5.41, 5.74) is 0.406. The lowest BCUT2D eigenvalue weighted by atomic mass is 10.1. The number of hydrogen-bond acceptors (Lipinski definition) is 5. The highest BCUT2D eigenvalue weighted by molar-refractivity contribution is 6.32. The molecule has 0 fully saturated rings. The van der Waals surface area contributed by atoms with Crippen LogP contribution in [0.2, 0.25) is 5.15 Å². The van der Waals surface area contributed by atoms with E-state index in [4.69, 9.17) is 26.2 Å². The minimum absolute atomic E-state index is 0.132. The van der Waals surface area contributed by atoms with E-state index in [0.29, 0.717) is 17.1 Å². The molecule has 0 spiro atoms. The van der Waals surface area contributed by atoms with Crippen molar-refractivity contribution in [3.63, 3.8) is 0 Å². The highest BCUT2D eigenvalue weighted by atomic mass is 35.5. The van der Waals surface area contributed by atoms with E-state index < -0.39 is 5.97 Å². The van der Waals surface area contributed by atoms with Gasteiger partial charge in [-0.25, -0.2) is 14.8 Å². The fourth-order valence-corrected chi connectivity index (χ4v) is 1.91. The van der Waals surface area contributed by atoms with E-state index in [1.807, 2.05) is 0 Å². The molecule has 1 N–H and O–H groups in total. The van der Waals surface area contributed by atoms with Crippen molar-refractivity contribution in [1.82, 2.24) is 9.97 Å². The van der Waals surface area contributed by atoms with Crippen LogP contribution >= 0.6 is 11.6 Å². The second-order valence-corrected chi connectivity index (χ2v) is 4.10. The predicted octanol–water partition coefficient (Wildman–Crippen LogP) is 2.51. The fraction of sp³-hybridized carbons (Fsp3) is 0.154. The number of carbonyl (C=O) groups is 1. The van der Waals surface area contributed by atoms with E-state index >= 15 is 0 Å². The maximum absolute atomic E-state index is 10.9. The van der Waals surface area contributed by atoms with Gasteiger partial charge in [0.1, 0.15) is 10.7 Å². The van der Waals surface area contributed by atoms with Crippen molar-refractivity contribution in [1.29, 1.82) is 0 Å². The lowest BCUT2D eigenvalue weighted by molar-refractivity contribution is 0.0696. The normalized spacial score (nSPS) is 10.2. The summed E-state index contributed by atoms with van der Waals surface area (Å²) in [6.45, 7) is 0. The van der Waals surface area contributed by atoms with Crippen molar-refractivity contribution in [3.05, 3.63) is 35.1 Å². The van der Waals surface area contributed by atoms with Crippen LogP contribution in [0.5, 0.6) is 11.5 Å². The summed E-state index contributed by atoms with van der Waals surface area (Å²) >= 11 is 5.84. The number of halogens is 1. The van der Waals surface area contributed by atoms with Gasteiger partial charge < -0.3 is 14.6 Å². The summed E-state index contributed by atoms with van der Waals surface area (Å²) in [5.74, 6) is 0.0519. The second kappa shape index (κ2) is 5.75. The lowest BCUT2D eigenvalue weighted by Gasteiger charge is -2.11. The van der Waals surface area contributed by atoms with Crippen LogP contribution in [0.4, 0.5) is 0 Å². The molecule has 1 heterocycles. The molecule has 6 nitrogen and oxygen atoms in total. The van der Waals surface area contributed by atoms with Gasteiger partial charge in [0, 0.05) is 6.20 Å². The molecular formula is C13H11ClN2O4. The molecule has 20 heavy (non-hydrogen) atoms. The first-order valence-corrected chi connectivity index (χ1v) is 5.93. The maximum Gasteiger partial charge on any atom is 0.340 e. The van der Waals surface area contributed by atoms with E-state index in [0.717, 1.165) is 6.20 Å². The highest BCUT2D eigenvalue weighted by Gasteiger charge is 2.17. The molecule has 0 atom stereocenters. The number of para-hydroxylation sites is 1. The Bertz CT molecular complexity index is 661. The molecule has 0 aliphatic carbocycles. The summed E-state index contributed by atoms with van der Waals surface area (Å²) < 4.78 is 10.5. The summed E-state index contributed by atoms with van der Waals surface area (Å²) in [6.07, 6.45) is 1.16. The van der Waals surface area contributed by atoms with Crippen LogP contribution in [0.1, 0.15) is 10.4 Å². The number of aromatic carboxylic acids is 1. The van der Waals surface area contributed by atoms with Crippen LogP contribution in [-0.4, -0.2) is 35.3 Å². The van der Waals surface area contributed by atoms with Gasteiger partial charge in [0.2, 0.25) is 0 Å². The number of rotatable bonds is 4. The second-order valence-electron chi connectivity index (χ2n) is 3.74. The van der Waals surface area contributed by atoms with Gasteiger partial charge in [-0.15, -0.1) is 0 Å². The zero-order valence-corrected chi connectivity index (χ0v) is 11.5. The van der Waals surface area contributed by atoms with Crippen LogP contribution in [0.15, 0.2) is 24.4 Å². The Kier molecular flexibility index (Phi) is 4.05. The number of aromatic nitrogens is 2.